The highest BCUT2D eigenvalue weighted by molar-refractivity contribution is 5.93. The van der Waals surface area contributed by atoms with Crippen LogP contribution in [0.1, 0.15) is 37.2 Å². The Labute approximate surface area is 94.4 Å². The van der Waals surface area contributed by atoms with Gasteiger partial charge in [-0.1, -0.05) is 5.21 Å². The second-order valence-corrected chi connectivity index (χ2v) is 5.15. The summed E-state index contributed by atoms with van der Waals surface area (Å²) >= 11 is 0. The molecular weight excluding hydrogens is 204 g/mol. The van der Waals surface area contributed by atoms with Gasteiger partial charge in [0.05, 0.1) is 6.20 Å². The van der Waals surface area contributed by atoms with Crippen LogP contribution in [0.25, 0.3) is 0 Å². The molecule has 0 unspecified atom stereocenters. The minimum absolute atomic E-state index is 0.0437. The van der Waals surface area contributed by atoms with Crippen molar-refractivity contribution in [2.24, 2.45) is 5.92 Å². The Morgan fingerprint density at radius 1 is 1.62 bits per heavy atom. The van der Waals surface area contributed by atoms with Gasteiger partial charge in [-0.15, -0.1) is 5.10 Å². The number of aromatic nitrogens is 3. The second kappa shape index (κ2) is 3.06. The van der Waals surface area contributed by atoms with Crippen molar-refractivity contribution in [1.29, 1.82) is 0 Å². The van der Waals surface area contributed by atoms with Crippen LogP contribution < -0.4 is 0 Å². The molecule has 1 aromatic rings. The summed E-state index contributed by atoms with van der Waals surface area (Å²) in [7, 11) is 0. The lowest BCUT2D eigenvalue weighted by molar-refractivity contribution is 0.0605. The highest BCUT2D eigenvalue weighted by Crippen LogP contribution is 2.50. The van der Waals surface area contributed by atoms with Gasteiger partial charge in [-0.2, -0.15) is 0 Å². The molecule has 4 rings (SSSR count). The predicted octanol–water partition coefficient (Wildman–Crippen LogP) is 0.922. The number of carbonyl (C=O) groups is 1. The Morgan fingerprint density at radius 3 is 2.88 bits per heavy atom. The fraction of sp³-hybridized carbons (Fsp3) is 0.727. The molecule has 1 aromatic heterocycles. The average molecular weight is 220 g/mol. The van der Waals surface area contributed by atoms with E-state index in [0.717, 1.165) is 31.8 Å². The number of fused-ring (bicyclic) bond motifs is 1. The van der Waals surface area contributed by atoms with E-state index in [1.165, 1.54) is 0 Å². The summed E-state index contributed by atoms with van der Waals surface area (Å²) in [4.78, 5) is 14.2. The summed E-state index contributed by atoms with van der Waals surface area (Å²) in [5, 5.41) is 7.85. The molecule has 3 fully saturated rings. The summed E-state index contributed by atoms with van der Waals surface area (Å²) in [5.41, 5.74) is 0.577. The van der Waals surface area contributed by atoms with Gasteiger partial charge in [-0.05, 0) is 32.6 Å². The molecule has 2 aliphatic heterocycles. The van der Waals surface area contributed by atoms with E-state index in [9.17, 15) is 4.79 Å². The number of hydrogen-bond acceptors (Lipinski definition) is 3. The summed E-state index contributed by atoms with van der Waals surface area (Å²) in [5.74, 6) is 0.761. The van der Waals surface area contributed by atoms with E-state index in [1.807, 2.05) is 11.8 Å². The van der Waals surface area contributed by atoms with Gasteiger partial charge >= 0.3 is 0 Å². The maximum Gasteiger partial charge on any atom is 0.276 e. The number of nitrogens with zero attached hydrogens (tertiary/aromatic N) is 4. The molecule has 5 heteroatoms. The highest BCUT2D eigenvalue weighted by atomic mass is 16.2. The molecule has 1 aliphatic carbocycles. The molecule has 1 amide bonds. The number of carbonyl (C=O) groups excluding carboxylic acids is 1. The lowest BCUT2D eigenvalue weighted by atomic mass is 9.75. The zero-order chi connectivity index (χ0) is 11.3. The number of hydrogen-bond donors (Lipinski definition) is 0. The fourth-order valence-electron chi connectivity index (χ4n) is 3.03. The van der Waals surface area contributed by atoms with Crippen molar-refractivity contribution >= 4 is 5.91 Å². The predicted molar refractivity (Wildman–Crippen MR) is 57.9 cm³/mol. The van der Waals surface area contributed by atoms with Crippen LogP contribution >= 0.6 is 0 Å². The average Bonchev–Trinajstić information content (AvgIpc) is 2.87. The lowest BCUT2D eigenvalue weighted by Crippen LogP contribution is -2.45. The number of amides is 1. The van der Waals surface area contributed by atoms with Crippen molar-refractivity contribution in [3.05, 3.63) is 11.9 Å². The van der Waals surface area contributed by atoms with Crippen LogP contribution in [0.15, 0.2) is 6.20 Å². The number of aryl methyl sites for hydroxylation is 1. The molecule has 5 nitrogen and oxygen atoms in total. The molecule has 0 aromatic carbocycles. The van der Waals surface area contributed by atoms with E-state index in [2.05, 4.69) is 17.2 Å². The molecular formula is C11H16N4O. The largest absolute Gasteiger partial charge is 0.332 e. The quantitative estimate of drug-likeness (QED) is 0.744. The Morgan fingerprint density at radius 2 is 2.38 bits per heavy atom. The van der Waals surface area contributed by atoms with E-state index in [1.54, 1.807) is 10.9 Å². The minimum Gasteiger partial charge on any atom is -0.332 e. The van der Waals surface area contributed by atoms with Crippen LogP contribution in [0.5, 0.6) is 0 Å². The first kappa shape index (κ1) is 9.81. The zero-order valence-electron chi connectivity index (χ0n) is 9.68. The third-order valence-corrected chi connectivity index (χ3v) is 3.88. The van der Waals surface area contributed by atoms with Gasteiger partial charge < -0.3 is 4.90 Å². The topological polar surface area (TPSA) is 51.0 Å². The SMILES string of the molecule is CCn1cc(C(=O)N2CC3CC2(C)C3)nn1. The molecule has 3 aliphatic rings. The monoisotopic (exact) mass is 220 g/mol. The van der Waals surface area contributed by atoms with Gasteiger partial charge in [0.25, 0.3) is 5.91 Å². The van der Waals surface area contributed by atoms with Crippen LogP contribution in [0.3, 0.4) is 0 Å². The van der Waals surface area contributed by atoms with Crippen molar-refractivity contribution in [2.45, 2.75) is 38.8 Å². The molecule has 86 valence electrons. The third kappa shape index (κ3) is 1.20. The molecule has 2 saturated heterocycles. The van der Waals surface area contributed by atoms with Crippen LogP contribution in [-0.2, 0) is 6.54 Å². The standard InChI is InChI=1S/C11H16N4O/c1-3-14-7-9(12-13-14)10(16)15-6-8-4-11(15,2)5-8/h7-8H,3-6H2,1-2H3. The van der Waals surface area contributed by atoms with Crippen molar-refractivity contribution in [3.8, 4) is 0 Å². The van der Waals surface area contributed by atoms with Gasteiger partial charge in [0, 0.05) is 18.6 Å². The zero-order valence-corrected chi connectivity index (χ0v) is 9.68. The van der Waals surface area contributed by atoms with Crippen molar-refractivity contribution in [3.63, 3.8) is 0 Å². The Balaban J connectivity index is 1.83. The van der Waals surface area contributed by atoms with Gasteiger partial charge in [-0.3, -0.25) is 9.48 Å². The molecule has 0 spiro atoms. The summed E-state index contributed by atoms with van der Waals surface area (Å²) in [6, 6.07) is 0. The fourth-order valence-corrected chi connectivity index (χ4v) is 3.03. The summed E-state index contributed by atoms with van der Waals surface area (Å²) in [6.45, 7) is 5.80. The van der Waals surface area contributed by atoms with Crippen molar-refractivity contribution in [1.82, 2.24) is 19.9 Å². The third-order valence-electron chi connectivity index (χ3n) is 3.88. The molecule has 2 bridgehead atoms. The molecule has 16 heavy (non-hydrogen) atoms. The molecule has 0 atom stereocenters. The molecule has 1 saturated carbocycles. The van der Waals surface area contributed by atoms with E-state index < -0.39 is 0 Å². The maximum atomic E-state index is 12.2. The lowest BCUT2D eigenvalue weighted by Gasteiger charge is -2.38. The first-order valence-electron chi connectivity index (χ1n) is 5.84. The first-order valence-corrected chi connectivity index (χ1v) is 5.84. The first-order chi connectivity index (χ1) is 7.62. The van der Waals surface area contributed by atoms with Crippen molar-refractivity contribution < 1.29 is 4.79 Å². The second-order valence-electron chi connectivity index (χ2n) is 5.15. The van der Waals surface area contributed by atoms with Gasteiger partial charge in [0.2, 0.25) is 0 Å². The summed E-state index contributed by atoms with van der Waals surface area (Å²) < 4.78 is 1.69. The van der Waals surface area contributed by atoms with Crippen LogP contribution in [-0.4, -0.2) is 37.9 Å². The summed E-state index contributed by atoms with van der Waals surface area (Å²) in [6.07, 6.45) is 4.04. The van der Waals surface area contributed by atoms with Gasteiger partial charge in [0.15, 0.2) is 5.69 Å². The van der Waals surface area contributed by atoms with E-state index in [0.29, 0.717) is 5.69 Å². The highest BCUT2D eigenvalue weighted by Gasteiger charge is 2.54. The minimum atomic E-state index is 0.0437. The normalized spacial score (nSPS) is 31.6. The number of rotatable bonds is 2. The van der Waals surface area contributed by atoms with Gasteiger partial charge in [-0.25, -0.2) is 0 Å². The maximum absolute atomic E-state index is 12.2. The van der Waals surface area contributed by atoms with Crippen LogP contribution in [0, 0.1) is 5.92 Å². The van der Waals surface area contributed by atoms with Crippen molar-refractivity contribution in [2.75, 3.05) is 6.54 Å². The van der Waals surface area contributed by atoms with Gasteiger partial charge in [0.1, 0.15) is 0 Å². The van der Waals surface area contributed by atoms with E-state index >= 15 is 0 Å². The Bertz CT molecular complexity index is 433. The Hall–Kier alpha value is -1.39. The van der Waals surface area contributed by atoms with E-state index in [4.69, 9.17) is 0 Å². The Kier molecular flexibility index (Phi) is 1.87. The van der Waals surface area contributed by atoms with Crippen LogP contribution in [0.4, 0.5) is 0 Å². The van der Waals surface area contributed by atoms with E-state index in [-0.39, 0.29) is 11.4 Å². The van der Waals surface area contributed by atoms with Crippen LogP contribution in [0.2, 0.25) is 0 Å². The molecule has 0 N–H and O–H groups in total. The molecule has 3 heterocycles. The molecule has 0 radical (unpaired) electrons. The smallest absolute Gasteiger partial charge is 0.276 e.